The molecule has 1 heterocycles. The molecule has 7 heteroatoms. The van der Waals surface area contributed by atoms with E-state index in [2.05, 4.69) is 4.90 Å². The van der Waals surface area contributed by atoms with Gasteiger partial charge in [0.2, 0.25) is 5.91 Å². The van der Waals surface area contributed by atoms with Crippen molar-refractivity contribution in [3.63, 3.8) is 0 Å². The fraction of sp³-hybridized carbons (Fsp3) is 0.211. The second-order valence-corrected chi connectivity index (χ2v) is 6.36. The topological polar surface area (TPSA) is 66.7 Å². The molecular weight excluding hydrogens is 354 g/mol. The van der Waals surface area contributed by atoms with Crippen molar-refractivity contribution in [2.45, 2.75) is 0 Å². The lowest BCUT2D eigenvalue weighted by molar-refractivity contribution is -0.384. The summed E-state index contributed by atoms with van der Waals surface area (Å²) in [5.41, 5.74) is 1.61. The maximum Gasteiger partial charge on any atom is 0.270 e. The van der Waals surface area contributed by atoms with Crippen LogP contribution in [0.4, 0.5) is 11.4 Å². The van der Waals surface area contributed by atoms with Crippen molar-refractivity contribution in [1.82, 2.24) is 4.90 Å². The molecule has 0 bridgehead atoms. The highest BCUT2D eigenvalue weighted by Crippen LogP contribution is 2.26. The average molecular weight is 372 g/mol. The average Bonchev–Trinajstić information content (AvgIpc) is 2.67. The van der Waals surface area contributed by atoms with Gasteiger partial charge in [-0.2, -0.15) is 0 Å². The van der Waals surface area contributed by atoms with Crippen LogP contribution in [-0.2, 0) is 4.79 Å². The van der Waals surface area contributed by atoms with Gasteiger partial charge in [-0.1, -0.05) is 35.9 Å². The highest BCUT2D eigenvalue weighted by Gasteiger charge is 2.20. The van der Waals surface area contributed by atoms with Crippen LogP contribution in [0.3, 0.4) is 0 Å². The zero-order chi connectivity index (χ0) is 18.5. The number of benzene rings is 2. The van der Waals surface area contributed by atoms with Crippen LogP contribution in [0.1, 0.15) is 5.56 Å². The van der Waals surface area contributed by atoms with Gasteiger partial charge in [0.15, 0.2) is 0 Å². The van der Waals surface area contributed by atoms with E-state index in [-0.39, 0.29) is 11.6 Å². The number of halogens is 1. The molecule has 1 aliphatic rings. The molecule has 2 aromatic carbocycles. The third-order valence-electron chi connectivity index (χ3n) is 4.28. The second-order valence-electron chi connectivity index (χ2n) is 5.95. The van der Waals surface area contributed by atoms with Crippen molar-refractivity contribution in [3.05, 3.63) is 75.3 Å². The maximum atomic E-state index is 12.4. The molecule has 1 amide bonds. The third kappa shape index (κ3) is 4.21. The number of anilines is 1. The molecule has 0 aromatic heterocycles. The monoisotopic (exact) mass is 371 g/mol. The molecule has 134 valence electrons. The number of nitrogens with zero attached hydrogens (tertiary/aromatic N) is 3. The van der Waals surface area contributed by atoms with Crippen molar-refractivity contribution in [2.24, 2.45) is 0 Å². The van der Waals surface area contributed by atoms with Crippen LogP contribution in [0.2, 0.25) is 5.02 Å². The minimum atomic E-state index is -0.451. The van der Waals surface area contributed by atoms with Crippen molar-refractivity contribution in [1.29, 1.82) is 0 Å². The number of non-ortho nitro benzene ring substituents is 1. The first kappa shape index (κ1) is 17.9. The third-order valence-corrected chi connectivity index (χ3v) is 4.60. The van der Waals surface area contributed by atoms with E-state index in [1.54, 1.807) is 23.1 Å². The summed E-state index contributed by atoms with van der Waals surface area (Å²) in [6, 6.07) is 13.9. The maximum absolute atomic E-state index is 12.4. The van der Waals surface area contributed by atoms with E-state index in [1.807, 2.05) is 24.3 Å². The van der Waals surface area contributed by atoms with Gasteiger partial charge in [-0.3, -0.25) is 14.9 Å². The normalized spacial score (nSPS) is 14.7. The van der Waals surface area contributed by atoms with Gasteiger partial charge < -0.3 is 9.80 Å². The first-order chi connectivity index (χ1) is 12.5. The lowest BCUT2D eigenvalue weighted by Crippen LogP contribution is -2.48. The number of carbonyl (C=O) groups excluding carboxylic acids is 1. The van der Waals surface area contributed by atoms with Gasteiger partial charge >= 0.3 is 0 Å². The van der Waals surface area contributed by atoms with Gasteiger partial charge in [-0.15, -0.1) is 0 Å². The summed E-state index contributed by atoms with van der Waals surface area (Å²) in [4.78, 5) is 26.6. The van der Waals surface area contributed by atoms with Crippen LogP contribution in [0.25, 0.3) is 6.08 Å². The van der Waals surface area contributed by atoms with Crippen molar-refractivity contribution >= 4 is 35.0 Å². The van der Waals surface area contributed by atoms with Gasteiger partial charge in [-0.25, -0.2) is 0 Å². The van der Waals surface area contributed by atoms with E-state index in [9.17, 15) is 14.9 Å². The minimum absolute atomic E-state index is 0.00736. The Balaban J connectivity index is 1.59. The Morgan fingerprint density at radius 2 is 1.81 bits per heavy atom. The number of nitro benzene ring substituents is 1. The Bertz CT molecular complexity index is 845. The summed E-state index contributed by atoms with van der Waals surface area (Å²) in [5.74, 6) is -0.102. The van der Waals surface area contributed by atoms with Crippen LogP contribution in [0, 0.1) is 10.1 Å². The van der Waals surface area contributed by atoms with E-state index in [1.165, 1.54) is 18.2 Å². The number of amides is 1. The first-order valence-corrected chi connectivity index (χ1v) is 8.63. The number of nitro groups is 1. The summed E-state index contributed by atoms with van der Waals surface area (Å²) in [7, 11) is 0. The summed E-state index contributed by atoms with van der Waals surface area (Å²) in [6.45, 7) is 2.62. The summed E-state index contributed by atoms with van der Waals surface area (Å²) in [5, 5.41) is 11.5. The molecule has 0 aliphatic carbocycles. The van der Waals surface area contributed by atoms with Gasteiger partial charge in [0.1, 0.15) is 0 Å². The molecular formula is C19H18ClN3O3. The van der Waals surface area contributed by atoms with E-state index in [0.29, 0.717) is 36.8 Å². The molecule has 3 rings (SSSR count). The molecule has 6 nitrogen and oxygen atoms in total. The largest absolute Gasteiger partial charge is 0.367 e. The lowest BCUT2D eigenvalue weighted by atomic mass is 10.2. The fourth-order valence-electron chi connectivity index (χ4n) is 2.89. The van der Waals surface area contributed by atoms with Gasteiger partial charge in [0.05, 0.1) is 15.6 Å². The molecule has 0 saturated carbocycles. The van der Waals surface area contributed by atoms with E-state index in [0.717, 1.165) is 5.69 Å². The predicted molar refractivity (Wildman–Crippen MR) is 102 cm³/mol. The highest BCUT2D eigenvalue weighted by atomic mass is 35.5. The molecule has 2 aromatic rings. The standard InChI is InChI=1S/C19H18ClN3O3/c20-17-6-1-2-7-18(17)21-10-12-22(13-11-21)19(24)9-8-15-4-3-5-16(14-15)23(25)26/h1-9,14H,10-13H2/b9-8+. The second kappa shape index (κ2) is 8.01. The number of rotatable bonds is 4. The summed E-state index contributed by atoms with van der Waals surface area (Å²) >= 11 is 6.23. The fourth-order valence-corrected chi connectivity index (χ4v) is 3.15. The highest BCUT2D eigenvalue weighted by molar-refractivity contribution is 6.33. The van der Waals surface area contributed by atoms with Crippen molar-refractivity contribution in [2.75, 3.05) is 31.1 Å². The Morgan fingerprint density at radius 1 is 1.08 bits per heavy atom. The Hall–Kier alpha value is -2.86. The lowest BCUT2D eigenvalue weighted by Gasteiger charge is -2.36. The summed E-state index contributed by atoms with van der Waals surface area (Å²) in [6.07, 6.45) is 3.07. The van der Waals surface area contributed by atoms with E-state index >= 15 is 0 Å². The number of para-hydroxylation sites is 1. The molecule has 1 saturated heterocycles. The molecule has 0 N–H and O–H groups in total. The molecule has 26 heavy (non-hydrogen) atoms. The van der Waals surface area contributed by atoms with Gasteiger partial charge in [-0.05, 0) is 23.8 Å². The molecule has 1 aliphatic heterocycles. The van der Waals surface area contributed by atoms with Crippen LogP contribution in [0.5, 0.6) is 0 Å². The zero-order valence-electron chi connectivity index (χ0n) is 14.0. The molecule has 0 spiro atoms. The quantitative estimate of drug-likeness (QED) is 0.468. The molecule has 1 fully saturated rings. The van der Waals surface area contributed by atoms with Crippen LogP contribution in [-0.4, -0.2) is 41.9 Å². The van der Waals surface area contributed by atoms with E-state index < -0.39 is 4.92 Å². The van der Waals surface area contributed by atoms with Gasteiger partial charge in [0.25, 0.3) is 5.69 Å². The number of piperazine rings is 1. The van der Waals surface area contributed by atoms with Crippen molar-refractivity contribution < 1.29 is 9.72 Å². The van der Waals surface area contributed by atoms with Crippen LogP contribution < -0.4 is 4.90 Å². The number of hydrogen-bond acceptors (Lipinski definition) is 4. The smallest absolute Gasteiger partial charge is 0.270 e. The van der Waals surface area contributed by atoms with Crippen LogP contribution >= 0.6 is 11.6 Å². The SMILES string of the molecule is O=C(/C=C/c1cccc([N+](=O)[O-])c1)N1CCN(c2ccccc2Cl)CC1. The molecule has 0 atom stereocenters. The number of carbonyl (C=O) groups is 1. The zero-order valence-corrected chi connectivity index (χ0v) is 14.8. The van der Waals surface area contributed by atoms with Crippen molar-refractivity contribution in [3.8, 4) is 0 Å². The van der Waals surface area contributed by atoms with Gasteiger partial charge in [0, 0.05) is 44.4 Å². The first-order valence-electron chi connectivity index (χ1n) is 8.25. The number of hydrogen-bond donors (Lipinski definition) is 0. The summed E-state index contributed by atoms with van der Waals surface area (Å²) < 4.78 is 0. The Morgan fingerprint density at radius 3 is 2.50 bits per heavy atom. The Kier molecular flexibility index (Phi) is 5.53. The minimum Gasteiger partial charge on any atom is -0.367 e. The van der Waals surface area contributed by atoms with E-state index in [4.69, 9.17) is 11.6 Å². The Labute approximate surface area is 156 Å². The molecule has 0 radical (unpaired) electrons. The molecule has 0 unspecified atom stereocenters. The predicted octanol–water partition coefficient (Wildman–Crippen LogP) is 3.61. The van der Waals surface area contributed by atoms with Crippen LogP contribution in [0.15, 0.2) is 54.6 Å².